The standard InChI is InChI=1S/C19H28N2O3/c1-13(2)8-10-20-17(22)9-11-21-15-12-14(3)6-7-16(15)24-19(4,5)18(21)23/h6-7,12-13H,8-11H2,1-5H3,(H,20,22). The maximum atomic E-state index is 12.7. The van der Waals surface area contributed by atoms with Crippen LogP contribution in [0.2, 0.25) is 0 Å². The lowest BCUT2D eigenvalue weighted by Gasteiger charge is -2.38. The summed E-state index contributed by atoms with van der Waals surface area (Å²) in [6.45, 7) is 10.8. The molecule has 0 atom stereocenters. The summed E-state index contributed by atoms with van der Waals surface area (Å²) in [4.78, 5) is 26.4. The number of nitrogens with zero attached hydrogens (tertiary/aromatic N) is 1. The van der Waals surface area contributed by atoms with E-state index in [1.165, 1.54) is 0 Å². The van der Waals surface area contributed by atoms with Crippen molar-refractivity contribution in [3.8, 4) is 5.75 Å². The number of aryl methyl sites for hydroxylation is 1. The van der Waals surface area contributed by atoms with Crippen LogP contribution in [0, 0.1) is 12.8 Å². The van der Waals surface area contributed by atoms with E-state index in [0.29, 0.717) is 24.8 Å². The monoisotopic (exact) mass is 332 g/mol. The van der Waals surface area contributed by atoms with Gasteiger partial charge in [-0.25, -0.2) is 0 Å². The van der Waals surface area contributed by atoms with Crippen LogP contribution in [-0.2, 0) is 9.59 Å². The second-order valence-electron chi connectivity index (χ2n) is 7.32. The first-order chi connectivity index (χ1) is 11.2. The Morgan fingerprint density at radius 2 is 2.04 bits per heavy atom. The van der Waals surface area contributed by atoms with E-state index in [9.17, 15) is 9.59 Å². The number of anilines is 1. The summed E-state index contributed by atoms with van der Waals surface area (Å²) in [5.74, 6) is 1.10. The second-order valence-corrected chi connectivity index (χ2v) is 7.32. The molecule has 1 heterocycles. The number of hydrogen-bond donors (Lipinski definition) is 1. The first-order valence-electron chi connectivity index (χ1n) is 8.59. The topological polar surface area (TPSA) is 58.6 Å². The summed E-state index contributed by atoms with van der Waals surface area (Å²) in [5.41, 5.74) is 0.877. The Balaban J connectivity index is 2.07. The van der Waals surface area contributed by atoms with E-state index < -0.39 is 5.60 Å². The molecule has 2 rings (SSSR count). The molecule has 5 nitrogen and oxygen atoms in total. The third-order valence-electron chi connectivity index (χ3n) is 4.14. The van der Waals surface area contributed by atoms with Gasteiger partial charge in [0.1, 0.15) is 5.75 Å². The molecular formula is C19H28N2O3. The first-order valence-corrected chi connectivity index (χ1v) is 8.59. The van der Waals surface area contributed by atoms with Gasteiger partial charge in [0.2, 0.25) is 5.91 Å². The Bertz CT molecular complexity index is 623. The van der Waals surface area contributed by atoms with E-state index in [2.05, 4.69) is 19.2 Å². The normalized spacial score (nSPS) is 15.9. The molecule has 0 fully saturated rings. The maximum Gasteiger partial charge on any atom is 0.270 e. The van der Waals surface area contributed by atoms with E-state index in [4.69, 9.17) is 4.74 Å². The van der Waals surface area contributed by atoms with E-state index in [1.807, 2.05) is 25.1 Å². The van der Waals surface area contributed by atoms with Crippen LogP contribution >= 0.6 is 0 Å². The van der Waals surface area contributed by atoms with Crippen LogP contribution in [0.3, 0.4) is 0 Å². The minimum atomic E-state index is -0.920. The molecule has 1 aromatic carbocycles. The minimum Gasteiger partial charge on any atom is -0.476 e. The molecule has 0 saturated heterocycles. The zero-order valence-corrected chi connectivity index (χ0v) is 15.3. The molecule has 132 valence electrons. The number of carbonyl (C=O) groups excluding carboxylic acids is 2. The van der Waals surface area contributed by atoms with Crippen molar-refractivity contribution in [3.05, 3.63) is 23.8 Å². The van der Waals surface area contributed by atoms with Crippen LogP contribution in [-0.4, -0.2) is 30.5 Å². The molecule has 24 heavy (non-hydrogen) atoms. The Morgan fingerprint density at radius 1 is 1.33 bits per heavy atom. The Labute approximate surface area is 144 Å². The first kappa shape index (κ1) is 18.3. The average molecular weight is 332 g/mol. The van der Waals surface area contributed by atoms with Gasteiger partial charge in [0.15, 0.2) is 5.60 Å². The molecule has 2 amide bonds. The number of benzene rings is 1. The van der Waals surface area contributed by atoms with Crippen LogP contribution in [0.25, 0.3) is 0 Å². The van der Waals surface area contributed by atoms with Crippen molar-refractivity contribution in [1.82, 2.24) is 5.32 Å². The van der Waals surface area contributed by atoms with Crippen LogP contribution in [0.1, 0.15) is 46.1 Å². The number of hydrogen-bond acceptors (Lipinski definition) is 3. The number of nitrogens with one attached hydrogen (secondary N) is 1. The van der Waals surface area contributed by atoms with E-state index >= 15 is 0 Å². The zero-order valence-electron chi connectivity index (χ0n) is 15.3. The highest BCUT2D eigenvalue weighted by Gasteiger charge is 2.40. The van der Waals surface area contributed by atoms with Crippen molar-refractivity contribution in [2.24, 2.45) is 5.92 Å². The smallest absolute Gasteiger partial charge is 0.270 e. The van der Waals surface area contributed by atoms with Crippen molar-refractivity contribution >= 4 is 17.5 Å². The van der Waals surface area contributed by atoms with Crippen LogP contribution in [0.15, 0.2) is 18.2 Å². The third kappa shape index (κ3) is 4.28. The molecule has 0 saturated carbocycles. The Morgan fingerprint density at radius 3 is 2.71 bits per heavy atom. The lowest BCUT2D eigenvalue weighted by molar-refractivity contribution is -0.132. The average Bonchev–Trinajstić information content (AvgIpc) is 2.48. The van der Waals surface area contributed by atoms with Gasteiger partial charge >= 0.3 is 0 Å². The van der Waals surface area contributed by atoms with Gasteiger partial charge in [0.25, 0.3) is 5.91 Å². The van der Waals surface area contributed by atoms with Gasteiger partial charge < -0.3 is 15.0 Å². The minimum absolute atomic E-state index is 0.0260. The van der Waals surface area contributed by atoms with E-state index in [-0.39, 0.29) is 18.2 Å². The van der Waals surface area contributed by atoms with Gasteiger partial charge in [-0.3, -0.25) is 9.59 Å². The summed E-state index contributed by atoms with van der Waals surface area (Å²) < 4.78 is 5.82. The summed E-state index contributed by atoms with van der Waals surface area (Å²) >= 11 is 0. The van der Waals surface area contributed by atoms with E-state index in [1.54, 1.807) is 18.7 Å². The summed E-state index contributed by atoms with van der Waals surface area (Å²) in [5, 5.41) is 2.92. The predicted molar refractivity (Wildman–Crippen MR) is 95.3 cm³/mol. The molecule has 1 aliphatic heterocycles. The summed E-state index contributed by atoms with van der Waals surface area (Å²) in [6.07, 6.45) is 1.24. The molecule has 1 N–H and O–H groups in total. The van der Waals surface area contributed by atoms with Crippen molar-refractivity contribution in [1.29, 1.82) is 0 Å². The fourth-order valence-corrected chi connectivity index (χ4v) is 2.70. The van der Waals surface area contributed by atoms with Gasteiger partial charge in [-0.1, -0.05) is 19.9 Å². The lowest BCUT2D eigenvalue weighted by atomic mass is 10.0. The SMILES string of the molecule is Cc1ccc2c(c1)N(CCC(=O)NCCC(C)C)C(=O)C(C)(C)O2. The fraction of sp³-hybridized carbons (Fsp3) is 0.579. The number of carbonyl (C=O) groups is 2. The zero-order chi connectivity index (χ0) is 17.9. The van der Waals surface area contributed by atoms with Gasteiger partial charge in [0.05, 0.1) is 5.69 Å². The molecule has 0 bridgehead atoms. The predicted octanol–water partition coefficient (Wildman–Crippen LogP) is 3.05. The number of rotatable bonds is 6. The third-order valence-corrected chi connectivity index (χ3v) is 4.14. The van der Waals surface area contributed by atoms with Gasteiger partial charge in [0, 0.05) is 19.5 Å². The highest BCUT2D eigenvalue weighted by molar-refractivity contribution is 6.02. The highest BCUT2D eigenvalue weighted by atomic mass is 16.5. The fourth-order valence-electron chi connectivity index (χ4n) is 2.70. The number of ether oxygens (including phenoxy) is 1. The molecule has 5 heteroatoms. The largest absolute Gasteiger partial charge is 0.476 e. The molecule has 1 aliphatic rings. The van der Waals surface area contributed by atoms with Crippen molar-refractivity contribution in [2.75, 3.05) is 18.0 Å². The summed E-state index contributed by atoms with van der Waals surface area (Å²) in [7, 11) is 0. The van der Waals surface area contributed by atoms with Crippen molar-refractivity contribution in [2.45, 2.75) is 53.1 Å². The maximum absolute atomic E-state index is 12.7. The molecule has 0 radical (unpaired) electrons. The van der Waals surface area contributed by atoms with Crippen LogP contribution in [0.4, 0.5) is 5.69 Å². The van der Waals surface area contributed by atoms with Crippen LogP contribution < -0.4 is 15.0 Å². The summed E-state index contributed by atoms with van der Waals surface area (Å²) in [6, 6.07) is 5.77. The molecular weight excluding hydrogens is 304 g/mol. The van der Waals surface area contributed by atoms with Gasteiger partial charge in [-0.15, -0.1) is 0 Å². The Kier molecular flexibility index (Phi) is 5.52. The highest BCUT2D eigenvalue weighted by Crippen LogP contribution is 2.38. The second kappa shape index (κ2) is 7.24. The molecule has 0 aliphatic carbocycles. The molecule has 1 aromatic rings. The van der Waals surface area contributed by atoms with Gasteiger partial charge in [-0.2, -0.15) is 0 Å². The number of amides is 2. The lowest BCUT2D eigenvalue weighted by Crippen LogP contribution is -2.53. The number of fused-ring (bicyclic) bond motifs is 1. The van der Waals surface area contributed by atoms with Crippen LogP contribution in [0.5, 0.6) is 5.75 Å². The molecule has 0 spiro atoms. The Hall–Kier alpha value is -2.04. The molecule has 0 aromatic heterocycles. The van der Waals surface area contributed by atoms with Gasteiger partial charge in [-0.05, 0) is 50.8 Å². The van der Waals surface area contributed by atoms with Crippen molar-refractivity contribution < 1.29 is 14.3 Å². The molecule has 0 unspecified atom stereocenters. The van der Waals surface area contributed by atoms with Crippen molar-refractivity contribution in [3.63, 3.8) is 0 Å². The van der Waals surface area contributed by atoms with E-state index in [0.717, 1.165) is 17.7 Å². The quantitative estimate of drug-likeness (QED) is 0.871.